The molecule has 1 saturated carbocycles. The largest absolute Gasteiger partial charge is 0.393 e. The highest BCUT2D eigenvalue weighted by Crippen LogP contribution is 2.49. The highest BCUT2D eigenvalue weighted by Gasteiger charge is 2.43. The Morgan fingerprint density at radius 2 is 2.16 bits per heavy atom. The molecule has 0 radical (unpaired) electrons. The molecule has 0 spiro atoms. The van der Waals surface area contributed by atoms with E-state index in [2.05, 4.69) is 10.3 Å². The van der Waals surface area contributed by atoms with Crippen LogP contribution in [-0.4, -0.2) is 20.0 Å². The molecule has 1 aromatic heterocycles. The van der Waals surface area contributed by atoms with Gasteiger partial charge in [-0.1, -0.05) is 29.6 Å². The predicted octanol–water partition coefficient (Wildman–Crippen LogP) is 1.25. The van der Waals surface area contributed by atoms with Crippen molar-refractivity contribution in [1.82, 2.24) is 15.0 Å². The van der Waals surface area contributed by atoms with Crippen LogP contribution < -0.4 is 11.3 Å². The van der Waals surface area contributed by atoms with Crippen molar-refractivity contribution in [2.45, 2.75) is 25.8 Å². The number of hydrogen-bond acceptors (Lipinski definition) is 4. The van der Waals surface area contributed by atoms with E-state index in [9.17, 15) is 4.79 Å². The maximum Gasteiger partial charge on any atom is 0.277 e. The first-order valence-corrected chi connectivity index (χ1v) is 6.61. The van der Waals surface area contributed by atoms with Crippen LogP contribution in [0.3, 0.4) is 0 Å². The number of rotatable bonds is 4. The second-order valence-corrected chi connectivity index (χ2v) is 5.74. The standard InChI is InChI=1S/C13H14N4OS/c14-11(19)7-13(5-6-13)8-17-12(18)9-3-1-2-4-10(9)15-16-17/h1-4H,5-8H2,(H2,14,19). The molecule has 0 amide bonds. The van der Waals surface area contributed by atoms with E-state index in [1.165, 1.54) is 4.68 Å². The van der Waals surface area contributed by atoms with Gasteiger partial charge in [0.2, 0.25) is 0 Å². The van der Waals surface area contributed by atoms with E-state index >= 15 is 0 Å². The lowest BCUT2D eigenvalue weighted by molar-refractivity contribution is 0.388. The Bertz CT molecular complexity index is 705. The molecule has 98 valence electrons. The van der Waals surface area contributed by atoms with Gasteiger partial charge in [-0.2, -0.15) is 0 Å². The summed E-state index contributed by atoms with van der Waals surface area (Å²) in [5.74, 6) is 0. The fourth-order valence-electron chi connectivity index (χ4n) is 2.38. The Hall–Kier alpha value is -1.82. The maximum atomic E-state index is 12.3. The first kappa shape index (κ1) is 12.2. The quantitative estimate of drug-likeness (QED) is 0.849. The van der Waals surface area contributed by atoms with Gasteiger partial charge in [0.25, 0.3) is 5.56 Å². The zero-order valence-corrected chi connectivity index (χ0v) is 11.2. The minimum Gasteiger partial charge on any atom is -0.393 e. The number of nitrogens with two attached hydrogens (primary N) is 1. The van der Waals surface area contributed by atoms with Gasteiger partial charge < -0.3 is 5.73 Å². The van der Waals surface area contributed by atoms with Crippen molar-refractivity contribution in [2.75, 3.05) is 0 Å². The summed E-state index contributed by atoms with van der Waals surface area (Å²) in [7, 11) is 0. The van der Waals surface area contributed by atoms with Crippen molar-refractivity contribution in [3.8, 4) is 0 Å². The molecule has 5 nitrogen and oxygen atoms in total. The Balaban J connectivity index is 1.96. The molecule has 1 aromatic carbocycles. The molecule has 1 aliphatic rings. The molecule has 2 aromatic rings. The molecule has 6 heteroatoms. The highest BCUT2D eigenvalue weighted by atomic mass is 32.1. The second-order valence-electron chi connectivity index (χ2n) is 5.21. The molecular weight excluding hydrogens is 260 g/mol. The molecule has 3 rings (SSSR count). The second kappa shape index (κ2) is 4.38. The molecule has 2 N–H and O–H groups in total. The summed E-state index contributed by atoms with van der Waals surface area (Å²) in [6, 6.07) is 7.24. The molecule has 0 atom stereocenters. The molecule has 0 bridgehead atoms. The Labute approximate surface area is 115 Å². The van der Waals surface area contributed by atoms with Crippen LogP contribution in [0.4, 0.5) is 0 Å². The Morgan fingerprint density at radius 3 is 2.84 bits per heavy atom. The Kier molecular flexibility index (Phi) is 2.82. The maximum absolute atomic E-state index is 12.3. The van der Waals surface area contributed by atoms with Crippen molar-refractivity contribution < 1.29 is 0 Å². The van der Waals surface area contributed by atoms with Crippen LogP contribution in [0.5, 0.6) is 0 Å². The molecule has 0 aliphatic heterocycles. The van der Waals surface area contributed by atoms with Crippen LogP contribution in [0.25, 0.3) is 10.9 Å². The molecular formula is C13H14N4OS. The van der Waals surface area contributed by atoms with Crippen LogP contribution >= 0.6 is 12.2 Å². The van der Waals surface area contributed by atoms with Crippen molar-refractivity contribution in [3.05, 3.63) is 34.6 Å². The number of aromatic nitrogens is 3. The minimum absolute atomic E-state index is 0.0206. The number of thiocarbonyl (C=S) groups is 1. The van der Waals surface area contributed by atoms with Gasteiger partial charge in [0.05, 0.1) is 16.9 Å². The monoisotopic (exact) mass is 274 g/mol. The summed E-state index contributed by atoms with van der Waals surface area (Å²) < 4.78 is 1.44. The summed E-state index contributed by atoms with van der Waals surface area (Å²) in [5.41, 5.74) is 6.16. The van der Waals surface area contributed by atoms with E-state index in [0.29, 0.717) is 28.9 Å². The average molecular weight is 274 g/mol. The fourth-order valence-corrected chi connectivity index (χ4v) is 2.69. The summed E-state index contributed by atoms with van der Waals surface area (Å²) in [5, 5.41) is 8.69. The number of nitrogens with zero attached hydrogens (tertiary/aromatic N) is 3. The third-order valence-corrected chi connectivity index (χ3v) is 3.77. The molecule has 0 unspecified atom stereocenters. The van der Waals surface area contributed by atoms with Crippen LogP contribution in [0.2, 0.25) is 0 Å². The number of fused-ring (bicyclic) bond motifs is 1. The molecule has 1 fully saturated rings. The van der Waals surface area contributed by atoms with Gasteiger partial charge in [-0.3, -0.25) is 4.79 Å². The Morgan fingerprint density at radius 1 is 1.42 bits per heavy atom. The third-order valence-electron chi connectivity index (χ3n) is 3.62. The van der Waals surface area contributed by atoms with Crippen LogP contribution in [0.15, 0.2) is 29.1 Å². The van der Waals surface area contributed by atoms with E-state index in [1.54, 1.807) is 12.1 Å². The summed E-state index contributed by atoms with van der Waals surface area (Å²) in [6.45, 7) is 0.543. The van der Waals surface area contributed by atoms with Crippen LogP contribution in [-0.2, 0) is 6.54 Å². The van der Waals surface area contributed by atoms with E-state index in [1.807, 2.05) is 12.1 Å². The van der Waals surface area contributed by atoms with Gasteiger partial charge in [-0.05, 0) is 30.4 Å². The number of hydrogen-bond donors (Lipinski definition) is 1. The summed E-state index contributed by atoms with van der Waals surface area (Å²) in [4.78, 5) is 12.8. The van der Waals surface area contributed by atoms with E-state index in [0.717, 1.165) is 12.8 Å². The van der Waals surface area contributed by atoms with Gasteiger partial charge in [-0.15, -0.1) is 5.10 Å². The van der Waals surface area contributed by atoms with Gasteiger partial charge in [-0.25, -0.2) is 4.68 Å². The SMILES string of the molecule is NC(=S)CC1(Cn2nnc3ccccc3c2=O)CC1. The lowest BCUT2D eigenvalue weighted by Crippen LogP contribution is -2.30. The number of benzene rings is 1. The van der Waals surface area contributed by atoms with Crippen molar-refractivity contribution in [1.29, 1.82) is 0 Å². The zero-order valence-electron chi connectivity index (χ0n) is 10.4. The lowest BCUT2D eigenvalue weighted by Gasteiger charge is -2.14. The predicted molar refractivity (Wildman–Crippen MR) is 76.9 cm³/mol. The molecule has 1 aliphatic carbocycles. The molecule has 1 heterocycles. The molecule has 19 heavy (non-hydrogen) atoms. The van der Waals surface area contributed by atoms with Gasteiger partial charge in [0, 0.05) is 6.42 Å². The van der Waals surface area contributed by atoms with Crippen LogP contribution in [0.1, 0.15) is 19.3 Å². The van der Waals surface area contributed by atoms with Gasteiger partial charge >= 0.3 is 0 Å². The van der Waals surface area contributed by atoms with Gasteiger partial charge in [0.1, 0.15) is 5.52 Å². The summed E-state index contributed by atoms with van der Waals surface area (Å²) >= 11 is 4.96. The van der Waals surface area contributed by atoms with Crippen LogP contribution in [0, 0.1) is 5.41 Å². The first-order chi connectivity index (χ1) is 9.10. The zero-order chi connectivity index (χ0) is 13.5. The van der Waals surface area contributed by atoms with Crippen molar-refractivity contribution in [2.24, 2.45) is 11.1 Å². The topological polar surface area (TPSA) is 73.8 Å². The van der Waals surface area contributed by atoms with E-state index < -0.39 is 0 Å². The van der Waals surface area contributed by atoms with Crippen molar-refractivity contribution >= 4 is 28.1 Å². The lowest BCUT2D eigenvalue weighted by atomic mass is 10.0. The smallest absolute Gasteiger partial charge is 0.277 e. The first-order valence-electron chi connectivity index (χ1n) is 6.21. The normalized spacial score (nSPS) is 16.4. The minimum atomic E-state index is -0.0974. The van der Waals surface area contributed by atoms with Crippen molar-refractivity contribution in [3.63, 3.8) is 0 Å². The fraction of sp³-hybridized carbons (Fsp3) is 0.385. The molecule has 0 saturated heterocycles. The third kappa shape index (κ3) is 2.35. The highest BCUT2D eigenvalue weighted by molar-refractivity contribution is 7.80. The average Bonchev–Trinajstić information content (AvgIpc) is 3.12. The van der Waals surface area contributed by atoms with E-state index in [-0.39, 0.29) is 11.0 Å². The van der Waals surface area contributed by atoms with Gasteiger partial charge in [0.15, 0.2) is 0 Å². The summed E-state index contributed by atoms with van der Waals surface area (Å²) in [6.07, 6.45) is 2.74. The van der Waals surface area contributed by atoms with E-state index in [4.69, 9.17) is 18.0 Å².